The Morgan fingerprint density at radius 3 is 2.58 bits per heavy atom. The number of piperidine rings is 1. The van der Waals surface area contributed by atoms with Crippen LogP contribution in [0.1, 0.15) is 20.3 Å². The van der Waals surface area contributed by atoms with Crippen molar-refractivity contribution in [2.45, 2.75) is 37.7 Å². The third-order valence-electron chi connectivity index (χ3n) is 4.26. The Morgan fingerprint density at radius 2 is 2.06 bits per heavy atom. The van der Waals surface area contributed by atoms with E-state index in [1.807, 2.05) is 0 Å². The van der Waals surface area contributed by atoms with Crippen molar-refractivity contribution in [3.8, 4) is 0 Å². The van der Waals surface area contributed by atoms with Crippen molar-refractivity contribution in [3.05, 3.63) is 47.6 Å². The molecule has 0 saturated carbocycles. The number of nitrogens with zero attached hydrogens (tertiary/aromatic N) is 1. The molecule has 1 heterocycles. The zero-order valence-corrected chi connectivity index (χ0v) is 19.4. The number of thioether (sulfide) groups is 1. The number of methoxy groups -OCH3 is 1. The number of aliphatic carboxylic acids is 1. The first-order valence-electron chi connectivity index (χ1n) is 9.48. The third kappa shape index (κ3) is 8.80. The second-order valence-corrected chi connectivity index (χ2v) is 8.43. The summed E-state index contributed by atoms with van der Waals surface area (Å²) in [6.45, 7) is 11.4. The quantitative estimate of drug-likeness (QED) is 0.220. The van der Waals surface area contributed by atoms with Crippen LogP contribution >= 0.6 is 23.4 Å². The van der Waals surface area contributed by atoms with E-state index >= 15 is 0 Å². The largest absolute Gasteiger partial charge is 0.509 e. The van der Waals surface area contributed by atoms with E-state index in [9.17, 15) is 19.5 Å². The van der Waals surface area contributed by atoms with Gasteiger partial charge in [0.1, 0.15) is 12.0 Å². The lowest BCUT2D eigenvalue weighted by Gasteiger charge is -2.38. The van der Waals surface area contributed by atoms with Crippen LogP contribution in [-0.2, 0) is 23.8 Å². The van der Waals surface area contributed by atoms with Crippen LogP contribution < -0.4 is 0 Å². The standard InChI is InChI=1S/C21H28ClNO7S/c1-6-7-16(14(4)22)19(20(26)28-5)23-9-8-17(15(11-23)10-18(24)25)31-12-29-21(27)30-13(2)3/h6-7,10,13,17,19H,1,4,8-9,11-12H2,2-3,5H3,(H,24,25)/b15-10-,16-7+/t17-,19-/m0/s1. The van der Waals surface area contributed by atoms with Crippen molar-refractivity contribution < 1.29 is 33.7 Å². The van der Waals surface area contributed by atoms with Crippen LogP contribution in [0.5, 0.6) is 0 Å². The zero-order chi connectivity index (χ0) is 23.6. The minimum Gasteiger partial charge on any atom is -0.478 e. The van der Waals surface area contributed by atoms with E-state index in [1.165, 1.54) is 24.9 Å². The summed E-state index contributed by atoms with van der Waals surface area (Å²) in [6, 6.07) is -0.867. The first-order valence-corrected chi connectivity index (χ1v) is 10.9. The SMILES string of the molecule is C=C/C=C(\C(=C)Cl)[C@@H](C(=O)OC)N1CC[C@H](SCOC(=O)OC(C)C)/C(=C\C(=O)O)C1. The monoisotopic (exact) mass is 473 g/mol. The number of carbonyl (C=O) groups is 3. The number of rotatable bonds is 10. The van der Waals surface area contributed by atoms with Crippen LogP contribution in [0, 0.1) is 0 Å². The molecule has 1 aliphatic heterocycles. The number of carboxylic acid groups (broad SMARTS) is 1. The second-order valence-electron chi connectivity index (χ2n) is 6.84. The van der Waals surface area contributed by atoms with Crippen molar-refractivity contribution in [2.24, 2.45) is 0 Å². The topological polar surface area (TPSA) is 102 Å². The van der Waals surface area contributed by atoms with E-state index < -0.39 is 24.1 Å². The molecule has 0 radical (unpaired) electrons. The molecular formula is C21H28ClNO7S. The fraction of sp³-hybridized carbons (Fsp3) is 0.476. The van der Waals surface area contributed by atoms with Crippen LogP contribution in [0.15, 0.2) is 47.6 Å². The van der Waals surface area contributed by atoms with E-state index in [-0.39, 0.29) is 28.9 Å². The summed E-state index contributed by atoms with van der Waals surface area (Å²) in [5, 5.41) is 9.24. The Bertz CT molecular complexity index is 763. The molecule has 0 spiro atoms. The number of hydrogen-bond donors (Lipinski definition) is 1. The molecule has 0 bridgehead atoms. The van der Waals surface area contributed by atoms with Gasteiger partial charge in [-0.1, -0.05) is 36.9 Å². The lowest BCUT2D eigenvalue weighted by atomic mass is 9.97. The maximum Gasteiger partial charge on any atom is 0.509 e. The Hall–Kier alpha value is -2.23. The maximum atomic E-state index is 12.5. The maximum absolute atomic E-state index is 12.5. The minimum atomic E-state index is -1.11. The Labute approximate surface area is 191 Å². The molecule has 0 unspecified atom stereocenters. The lowest BCUT2D eigenvalue weighted by molar-refractivity contribution is -0.145. The molecule has 1 saturated heterocycles. The molecule has 0 aromatic heterocycles. The van der Waals surface area contributed by atoms with Gasteiger partial charge in [-0.15, -0.1) is 11.8 Å². The molecule has 0 aliphatic carbocycles. The predicted molar refractivity (Wildman–Crippen MR) is 120 cm³/mol. The highest BCUT2D eigenvalue weighted by molar-refractivity contribution is 7.99. The summed E-state index contributed by atoms with van der Waals surface area (Å²) in [5.74, 6) is -1.65. The number of ether oxygens (including phenoxy) is 3. The highest BCUT2D eigenvalue weighted by atomic mass is 35.5. The van der Waals surface area contributed by atoms with Crippen LogP contribution in [0.2, 0.25) is 0 Å². The van der Waals surface area contributed by atoms with Crippen LogP contribution in [0.3, 0.4) is 0 Å². The van der Waals surface area contributed by atoms with Crippen molar-refractivity contribution in [1.82, 2.24) is 4.90 Å². The Morgan fingerprint density at radius 1 is 1.39 bits per heavy atom. The third-order valence-corrected chi connectivity index (χ3v) is 5.67. The molecule has 10 heteroatoms. The van der Waals surface area contributed by atoms with Crippen LogP contribution in [0.4, 0.5) is 4.79 Å². The molecule has 0 aromatic carbocycles. The molecule has 2 atom stereocenters. The van der Waals surface area contributed by atoms with Gasteiger partial charge in [0.25, 0.3) is 0 Å². The van der Waals surface area contributed by atoms with E-state index in [1.54, 1.807) is 24.8 Å². The fourth-order valence-electron chi connectivity index (χ4n) is 3.02. The van der Waals surface area contributed by atoms with E-state index in [0.29, 0.717) is 24.1 Å². The number of carbonyl (C=O) groups excluding carboxylic acids is 2. The van der Waals surface area contributed by atoms with Gasteiger partial charge in [0.05, 0.1) is 13.2 Å². The molecule has 31 heavy (non-hydrogen) atoms. The minimum absolute atomic E-state index is 0.00765. The molecule has 1 rings (SSSR count). The fourth-order valence-corrected chi connectivity index (χ4v) is 4.15. The Balaban J connectivity index is 3.01. The van der Waals surface area contributed by atoms with Gasteiger partial charge < -0.3 is 19.3 Å². The predicted octanol–water partition coefficient (Wildman–Crippen LogP) is 3.73. The summed E-state index contributed by atoms with van der Waals surface area (Å²) in [6.07, 6.45) is 3.60. The summed E-state index contributed by atoms with van der Waals surface area (Å²) < 4.78 is 14.9. The van der Waals surface area contributed by atoms with Gasteiger partial charge in [-0.2, -0.15) is 0 Å². The van der Waals surface area contributed by atoms with Gasteiger partial charge in [0.2, 0.25) is 0 Å². The summed E-state index contributed by atoms with van der Waals surface area (Å²) >= 11 is 7.39. The first kappa shape index (κ1) is 26.8. The van der Waals surface area contributed by atoms with Crippen molar-refractivity contribution >= 4 is 41.5 Å². The van der Waals surface area contributed by atoms with E-state index in [4.69, 9.17) is 25.8 Å². The van der Waals surface area contributed by atoms with Gasteiger partial charge in [-0.05, 0) is 31.4 Å². The smallest absolute Gasteiger partial charge is 0.478 e. The average Bonchev–Trinajstić information content (AvgIpc) is 2.67. The molecule has 8 nitrogen and oxygen atoms in total. The molecule has 1 aliphatic rings. The molecule has 1 fully saturated rings. The summed E-state index contributed by atoms with van der Waals surface area (Å²) in [5.41, 5.74) is 0.987. The lowest BCUT2D eigenvalue weighted by Crippen LogP contribution is -2.49. The zero-order valence-electron chi connectivity index (χ0n) is 17.8. The van der Waals surface area contributed by atoms with E-state index in [2.05, 4.69) is 13.2 Å². The number of carboxylic acids is 1. The number of hydrogen-bond acceptors (Lipinski definition) is 8. The van der Waals surface area contributed by atoms with Gasteiger partial charge in [0, 0.05) is 29.4 Å². The van der Waals surface area contributed by atoms with Gasteiger partial charge in [0.15, 0.2) is 0 Å². The first-order chi connectivity index (χ1) is 14.6. The average molecular weight is 474 g/mol. The van der Waals surface area contributed by atoms with E-state index in [0.717, 1.165) is 6.08 Å². The number of likely N-dealkylation sites (tertiary alicyclic amines) is 1. The number of halogens is 1. The highest BCUT2D eigenvalue weighted by Crippen LogP contribution is 2.32. The summed E-state index contributed by atoms with van der Waals surface area (Å²) in [4.78, 5) is 37.2. The second kappa shape index (κ2) is 13.2. The van der Waals surface area contributed by atoms with Crippen LogP contribution in [-0.4, -0.2) is 71.6 Å². The number of esters is 1. The van der Waals surface area contributed by atoms with Crippen molar-refractivity contribution in [1.29, 1.82) is 0 Å². The van der Waals surface area contributed by atoms with Crippen LogP contribution in [0.25, 0.3) is 0 Å². The Kier molecular flexibility index (Phi) is 11.4. The van der Waals surface area contributed by atoms with Gasteiger partial charge >= 0.3 is 18.1 Å². The highest BCUT2D eigenvalue weighted by Gasteiger charge is 2.36. The molecule has 1 N–H and O–H groups in total. The number of allylic oxidation sites excluding steroid dienone is 2. The van der Waals surface area contributed by atoms with Gasteiger partial charge in [-0.3, -0.25) is 4.90 Å². The molecule has 172 valence electrons. The normalized spacial score (nSPS) is 19.6. The molecule has 0 aromatic rings. The van der Waals surface area contributed by atoms with Crippen molar-refractivity contribution in [3.63, 3.8) is 0 Å². The van der Waals surface area contributed by atoms with Gasteiger partial charge in [-0.25, -0.2) is 14.4 Å². The van der Waals surface area contributed by atoms with Crippen molar-refractivity contribution in [2.75, 3.05) is 26.1 Å². The molecular weight excluding hydrogens is 446 g/mol. The molecule has 0 amide bonds. The summed E-state index contributed by atoms with van der Waals surface area (Å²) in [7, 11) is 1.27.